The molecular formula is C9H14N3O6PS2. The molecule has 5 amide bonds. The van der Waals surface area contributed by atoms with Crippen LogP contribution in [0.2, 0.25) is 0 Å². The highest BCUT2D eigenvalue weighted by Crippen LogP contribution is 2.71. The number of barbiturate groups is 1. The third-order valence-electron chi connectivity index (χ3n) is 2.10. The lowest BCUT2D eigenvalue weighted by molar-refractivity contribution is -0.129. The van der Waals surface area contributed by atoms with E-state index in [4.69, 9.17) is 4.52 Å². The van der Waals surface area contributed by atoms with Crippen molar-refractivity contribution in [3.63, 3.8) is 0 Å². The number of imide groups is 2. The van der Waals surface area contributed by atoms with Crippen molar-refractivity contribution in [1.29, 1.82) is 0 Å². The van der Waals surface area contributed by atoms with E-state index in [1.165, 1.54) is 7.05 Å². The molecule has 118 valence electrons. The average molecular weight is 355 g/mol. The first-order chi connectivity index (χ1) is 9.81. The zero-order valence-electron chi connectivity index (χ0n) is 11.2. The normalized spacial score (nSPS) is 18.7. The molecular weight excluding hydrogens is 341 g/mol. The maximum absolute atomic E-state index is 12.6. The molecule has 0 saturated carbocycles. The Morgan fingerprint density at radius 3 is 2.38 bits per heavy atom. The maximum atomic E-state index is 12.6. The van der Waals surface area contributed by atoms with Gasteiger partial charge in [-0.05, 0) is 29.7 Å². The number of hydrogen-bond acceptors (Lipinski definition) is 8. The van der Waals surface area contributed by atoms with Crippen molar-refractivity contribution < 1.29 is 28.3 Å². The Labute approximate surface area is 128 Å². The summed E-state index contributed by atoms with van der Waals surface area (Å²) in [6, 6.07) is -0.925. The van der Waals surface area contributed by atoms with E-state index < -0.39 is 28.9 Å². The summed E-state index contributed by atoms with van der Waals surface area (Å²) in [6.45, 7) is 1.68. The van der Waals surface area contributed by atoms with Gasteiger partial charge in [-0.15, -0.1) is 0 Å². The van der Waals surface area contributed by atoms with E-state index in [0.717, 1.165) is 11.4 Å². The lowest BCUT2D eigenvalue weighted by Crippen LogP contribution is -2.57. The molecule has 3 N–H and O–H groups in total. The summed E-state index contributed by atoms with van der Waals surface area (Å²) in [5.41, 5.74) is 0. The maximum Gasteiger partial charge on any atom is 0.328 e. The van der Waals surface area contributed by atoms with Gasteiger partial charge in [0.2, 0.25) is 5.91 Å². The molecule has 0 aromatic heterocycles. The predicted molar refractivity (Wildman–Crippen MR) is 78.8 cm³/mol. The molecule has 1 rings (SSSR count). The summed E-state index contributed by atoms with van der Waals surface area (Å²) >= 11 is 1.22. The minimum Gasteiger partial charge on any atom is -0.358 e. The molecule has 0 aromatic carbocycles. The Hall–Kier alpha value is -1.03. The molecule has 1 heterocycles. The van der Waals surface area contributed by atoms with E-state index in [-0.39, 0.29) is 18.3 Å². The molecule has 1 fully saturated rings. The second kappa shape index (κ2) is 7.83. The van der Waals surface area contributed by atoms with E-state index in [9.17, 15) is 23.7 Å². The first-order valence-corrected chi connectivity index (χ1v) is 10.4. The van der Waals surface area contributed by atoms with Crippen LogP contribution in [0, 0.1) is 0 Å². The van der Waals surface area contributed by atoms with Crippen LogP contribution in [-0.2, 0) is 23.5 Å². The van der Waals surface area contributed by atoms with Crippen molar-refractivity contribution in [1.82, 2.24) is 16.0 Å². The zero-order chi connectivity index (χ0) is 16.0. The van der Waals surface area contributed by atoms with Crippen LogP contribution in [0.15, 0.2) is 0 Å². The number of amides is 5. The van der Waals surface area contributed by atoms with Crippen LogP contribution in [0.4, 0.5) is 4.79 Å². The number of rotatable bonds is 7. The molecule has 0 spiro atoms. The highest BCUT2D eigenvalue weighted by Gasteiger charge is 2.41. The Morgan fingerprint density at radius 1 is 1.33 bits per heavy atom. The molecule has 1 unspecified atom stereocenters. The third kappa shape index (κ3) is 5.34. The molecule has 1 aliphatic heterocycles. The molecule has 0 aromatic rings. The minimum absolute atomic E-state index is 0.0832. The van der Waals surface area contributed by atoms with Crippen molar-refractivity contribution in [2.75, 3.05) is 19.4 Å². The van der Waals surface area contributed by atoms with Crippen molar-refractivity contribution >= 4 is 52.3 Å². The van der Waals surface area contributed by atoms with Gasteiger partial charge in [0.15, 0.2) is 5.25 Å². The fraction of sp³-hybridized carbons (Fsp3) is 0.556. The summed E-state index contributed by atoms with van der Waals surface area (Å²) in [5.74, 6) is -5.75. The van der Waals surface area contributed by atoms with Gasteiger partial charge < -0.3 is 9.84 Å². The fourth-order valence-electron chi connectivity index (χ4n) is 1.20. The van der Waals surface area contributed by atoms with Crippen LogP contribution in [0.1, 0.15) is 6.92 Å². The van der Waals surface area contributed by atoms with Crippen molar-refractivity contribution in [2.45, 2.75) is 12.2 Å². The molecule has 0 bridgehead atoms. The predicted octanol–water partition coefficient (Wildman–Crippen LogP) is 0.0780. The molecule has 9 nitrogen and oxygen atoms in total. The van der Waals surface area contributed by atoms with Crippen LogP contribution in [0.25, 0.3) is 0 Å². The summed E-state index contributed by atoms with van der Waals surface area (Å²) < 4.78 is 17.7. The van der Waals surface area contributed by atoms with Gasteiger partial charge in [-0.25, -0.2) is 4.79 Å². The molecule has 0 aliphatic carbocycles. The monoisotopic (exact) mass is 355 g/mol. The highest BCUT2D eigenvalue weighted by atomic mass is 33.1. The highest BCUT2D eigenvalue weighted by molar-refractivity contribution is 8.89. The third-order valence-corrected chi connectivity index (χ3v) is 9.38. The molecule has 0 radical (unpaired) electrons. The standard InChI is InChI=1S/C9H14N3O6PS2/c1-3-18-19(17,20-4-5(13)10-2)21-6-7(14)11-9(16)12-8(6)15/h6H,3-4H2,1-2H3,(H,10,13)(H2,11,12,14,15,16). The second-order valence-corrected chi connectivity index (χ2v) is 11.0. The SMILES string of the molecule is CCOP(=O)(SCC(=O)NC)SC1C(=O)NC(=O)NC1=O. The second-order valence-electron chi connectivity index (χ2n) is 3.60. The van der Waals surface area contributed by atoms with Gasteiger partial charge in [0.25, 0.3) is 11.8 Å². The summed E-state index contributed by atoms with van der Waals surface area (Å²) in [7, 11) is 1.43. The zero-order valence-corrected chi connectivity index (χ0v) is 13.7. The van der Waals surface area contributed by atoms with Gasteiger partial charge in [0.05, 0.1) is 12.4 Å². The number of urea groups is 1. The number of carbonyl (C=O) groups is 4. The van der Waals surface area contributed by atoms with Crippen LogP contribution < -0.4 is 16.0 Å². The molecule has 1 aliphatic rings. The van der Waals surface area contributed by atoms with Gasteiger partial charge in [0.1, 0.15) is 0 Å². The van der Waals surface area contributed by atoms with Gasteiger partial charge in [-0.1, -0.05) is 0 Å². The van der Waals surface area contributed by atoms with E-state index in [1.807, 2.05) is 10.6 Å². The Balaban J connectivity index is 2.79. The fourth-order valence-corrected chi connectivity index (χ4v) is 7.89. The molecule has 1 saturated heterocycles. The van der Waals surface area contributed by atoms with Gasteiger partial charge in [0, 0.05) is 7.05 Å². The van der Waals surface area contributed by atoms with Gasteiger partial charge in [-0.2, -0.15) is 0 Å². The number of nitrogens with one attached hydrogen (secondary N) is 3. The first-order valence-electron chi connectivity index (χ1n) is 5.75. The first kappa shape index (κ1) is 18.0. The van der Waals surface area contributed by atoms with E-state index >= 15 is 0 Å². The van der Waals surface area contributed by atoms with Crippen molar-refractivity contribution in [2.24, 2.45) is 0 Å². The van der Waals surface area contributed by atoms with Gasteiger partial charge >= 0.3 is 11.8 Å². The Bertz CT molecular complexity index is 494. The molecule has 1 atom stereocenters. The van der Waals surface area contributed by atoms with Gasteiger partial charge in [-0.3, -0.25) is 29.6 Å². The lowest BCUT2D eigenvalue weighted by atomic mass is 10.3. The van der Waals surface area contributed by atoms with Crippen LogP contribution in [0.3, 0.4) is 0 Å². The van der Waals surface area contributed by atoms with Crippen LogP contribution in [-0.4, -0.2) is 48.4 Å². The molecule has 12 heteroatoms. The van der Waals surface area contributed by atoms with E-state index in [2.05, 4.69) is 5.32 Å². The average Bonchev–Trinajstić information content (AvgIpc) is 2.41. The Morgan fingerprint density at radius 2 is 1.90 bits per heavy atom. The van der Waals surface area contributed by atoms with E-state index in [1.54, 1.807) is 6.92 Å². The minimum atomic E-state index is -3.51. The molecule has 21 heavy (non-hydrogen) atoms. The smallest absolute Gasteiger partial charge is 0.328 e. The largest absolute Gasteiger partial charge is 0.358 e. The van der Waals surface area contributed by atoms with Crippen LogP contribution >= 0.6 is 28.5 Å². The lowest BCUT2D eigenvalue weighted by Gasteiger charge is -2.23. The van der Waals surface area contributed by atoms with E-state index in [0.29, 0.717) is 11.4 Å². The number of hydrogen-bond donors (Lipinski definition) is 3. The number of carbonyl (C=O) groups excluding carboxylic acids is 4. The summed E-state index contributed by atoms with van der Waals surface area (Å²) in [5, 5.41) is 4.79. The summed E-state index contributed by atoms with van der Waals surface area (Å²) in [6.07, 6.45) is 0. The van der Waals surface area contributed by atoms with Crippen molar-refractivity contribution in [3.8, 4) is 0 Å². The summed E-state index contributed by atoms with van der Waals surface area (Å²) in [4.78, 5) is 45.4. The Kier molecular flexibility index (Phi) is 6.72. The quantitative estimate of drug-likeness (QED) is 0.432. The van der Waals surface area contributed by atoms with Crippen LogP contribution in [0.5, 0.6) is 0 Å². The topological polar surface area (TPSA) is 131 Å². The van der Waals surface area contributed by atoms with Crippen molar-refractivity contribution in [3.05, 3.63) is 0 Å².